The first-order valence-electron chi connectivity index (χ1n) is 8.36. The third-order valence-corrected chi connectivity index (χ3v) is 7.45. The number of fused-ring (bicyclic) bond motifs is 1. The highest BCUT2D eigenvalue weighted by molar-refractivity contribution is 9.10. The number of hydrogen-bond donors (Lipinski definition) is 3. The summed E-state index contributed by atoms with van der Waals surface area (Å²) in [4.78, 5) is 5.23. The normalized spacial score (nSPS) is 18.9. The Morgan fingerprint density at radius 1 is 1.41 bits per heavy atom. The van der Waals surface area contributed by atoms with E-state index in [0.29, 0.717) is 24.2 Å². The lowest BCUT2D eigenvalue weighted by molar-refractivity contribution is 0.402. The summed E-state index contributed by atoms with van der Waals surface area (Å²) in [7, 11) is 0. The first-order valence-corrected chi connectivity index (χ1v) is 10.8. The van der Waals surface area contributed by atoms with Gasteiger partial charge in [-0.05, 0) is 59.6 Å². The quantitative estimate of drug-likeness (QED) is 0.329. The van der Waals surface area contributed by atoms with Crippen LogP contribution < -0.4 is 4.72 Å². The predicted molar refractivity (Wildman–Crippen MR) is 109 cm³/mol. The highest BCUT2D eigenvalue weighted by Crippen LogP contribution is 2.49. The van der Waals surface area contributed by atoms with Crippen molar-refractivity contribution in [2.45, 2.75) is 36.1 Å². The van der Waals surface area contributed by atoms with Crippen molar-refractivity contribution in [3.8, 4) is 6.07 Å². The summed E-state index contributed by atoms with van der Waals surface area (Å²) in [5.41, 5.74) is 0.119. The van der Waals surface area contributed by atoms with E-state index in [4.69, 9.17) is 10.8 Å². The lowest BCUT2D eigenvalue weighted by Crippen LogP contribution is -2.27. The number of rotatable bonds is 6. The Morgan fingerprint density at radius 2 is 2.15 bits per heavy atom. The summed E-state index contributed by atoms with van der Waals surface area (Å²) in [5.74, 6) is 0. The number of aromatic nitrogens is 2. The smallest absolute Gasteiger partial charge is 0.151 e. The molecule has 0 saturated heterocycles. The summed E-state index contributed by atoms with van der Waals surface area (Å²) in [6.07, 6.45) is 6.49. The molecule has 2 aromatic heterocycles. The molecule has 2 fully saturated rings. The number of pyridine rings is 1. The van der Waals surface area contributed by atoms with Gasteiger partial charge in [-0.1, -0.05) is 11.8 Å². The second-order valence-electron chi connectivity index (χ2n) is 6.93. The van der Waals surface area contributed by atoms with Crippen molar-refractivity contribution in [1.82, 2.24) is 14.1 Å². The van der Waals surface area contributed by atoms with E-state index in [1.54, 1.807) is 10.6 Å². The van der Waals surface area contributed by atoms with Crippen LogP contribution in [0, 0.1) is 27.6 Å². The summed E-state index contributed by atoms with van der Waals surface area (Å²) in [6, 6.07) is 4.09. The Morgan fingerprint density at radius 3 is 2.74 bits per heavy atom. The van der Waals surface area contributed by atoms with Gasteiger partial charge in [0.2, 0.25) is 0 Å². The molecule has 2 aliphatic rings. The summed E-state index contributed by atoms with van der Waals surface area (Å²) in [5, 5.41) is 26.2. The van der Waals surface area contributed by atoms with E-state index in [-0.39, 0.29) is 16.8 Å². The standard InChI is InChI=1S/C17H16BrFN6S2/c18-11-5-10(27-24-17(8-19)3-4-17)7-25-12(6-23-14(11)25)13(21)26-15(22)16(9-20)1-2-16/h5-7,21-22,24H,1-4,8H2. The second-order valence-corrected chi connectivity index (χ2v) is 9.69. The predicted octanol–water partition coefficient (Wildman–Crippen LogP) is 4.54. The van der Waals surface area contributed by atoms with E-state index in [9.17, 15) is 9.65 Å². The molecular formula is C17H16BrFN6S2. The fourth-order valence-corrected chi connectivity index (χ4v) is 5.12. The molecule has 0 spiro atoms. The fraction of sp³-hybridized carbons (Fsp3) is 0.412. The van der Waals surface area contributed by atoms with Gasteiger partial charge in [0, 0.05) is 11.1 Å². The SMILES string of the molecule is N#CC1(C(=N)SC(=N)c2cnc3c(Br)cc(SNC4(CF)CC4)cn23)CC1. The van der Waals surface area contributed by atoms with E-state index in [1.807, 2.05) is 12.3 Å². The molecule has 6 nitrogen and oxygen atoms in total. The highest BCUT2D eigenvalue weighted by Gasteiger charge is 2.48. The van der Waals surface area contributed by atoms with Gasteiger partial charge in [-0.3, -0.25) is 19.9 Å². The minimum Gasteiger partial charge on any atom is -0.296 e. The van der Waals surface area contributed by atoms with Gasteiger partial charge in [-0.15, -0.1) is 0 Å². The van der Waals surface area contributed by atoms with Gasteiger partial charge < -0.3 is 0 Å². The van der Waals surface area contributed by atoms with Crippen LogP contribution in [0.2, 0.25) is 0 Å². The molecule has 0 bridgehead atoms. The van der Waals surface area contributed by atoms with Gasteiger partial charge in [0.25, 0.3) is 0 Å². The molecule has 4 rings (SSSR count). The number of hydrogen-bond acceptors (Lipinski definition) is 7. The largest absolute Gasteiger partial charge is 0.296 e. The molecule has 2 aliphatic carbocycles. The van der Waals surface area contributed by atoms with Crippen molar-refractivity contribution < 1.29 is 4.39 Å². The molecular weight excluding hydrogens is 451 g/mol. The van der Waals surface area contributed by atoms with Crippen LogP contribution in [0.25, 0.3) is 5.65 Å². The van der Waals surface area contributed by atoms with Crippen LogP contribution in [0.1, 0.15) is 31.4 Å². The lowest BCUT2D eigenvalue weighted by Gasteiger charge is -2.13. The fourth-order valence-electron chi connectivity index (χ4n) is 2.59. The molecule has 27 heavy (non-hydrogen) atoms. The number of imidazole rings is 1. The van der Waals surface area contributed by atoms with Crippen molar-refractivity contribution in [2.24, 2.45) is 5.41 Å². The molecule has 0 amide bonds. The molecule has 0 radical (unpaired) electrons. The summed E-state index contributed by atoms with van der Waals surface area (Å²) in [6.45, 7) is -0.385. The second kappa shape index (κ2) is 6.88. The van der Waals surface area contributed by atoms with Crippen molar-refractivity contribution in [2.75, 3.05) is 6.67 Å². The van der Waals surface area contributed by atoms with Crippen LogP contribution >= 0.6 is 39.6 Å². The molecule has 0 unspecified atom stereocenters. The van der Waals surface area contributed by atoms with Gasteiger partial charge in [0.15, 0.2) is 5.65 Å². The number of halogens is 2. The lowest BCUT2D eigenvalue weighted by atomic mass is 10.2. The molecule has 2 saturated carbocycles. The Bertz CT molecular complexity index is 989. The molecule has 0 aromatic carbocycles. The first-order chi connectivity index (χ1) is 12.9. The third kappa shape index (κ3) is 3.53. The zero-order chi connectivity index (χ0) is 19.2. The number of thioether (sulfide) groups is 1. The number of nitrogens with zero attached hydrogens (tertiary/aromatic N) is 3. The van der Waals surface area contributed by atoms with Crippen LogP contribution in [-0.4, -0.2) is 31.7 Å². The average Bonchev–Trinajstić information content (AvgIpc) is 3.57. The van der Waals surface area contributed by atoms with E-state index in [2.05, 4.69) is 31.7 Å². The van der Waals surface area contributed by atoms with Crippen LogP contribution in [-0.2, 0) is 0 Å². The van der Waals surface area contributed by atoms with E-state index in [1.165, 1.54) is 11.9 Å². The highest BCUT2D eigenvalue weighted by atomic mass is 79.9. The Balaban J connectivity index is 1.57. The van der Waals surface area contributed by atoms with Crippen LogP contribution in [0.4, 0.5) is 4.39 Å². The van der Waals surface area contributed by atoms with Gasteiger partial charge in [0.05, 0.1) is 33.0 Å². The monoisotopic (exact) mass is 466 g/mol. The third-order valence-electron chi connectivity index (χ3n) is 4.87. The van der Waals surface area contributed by atoms with Gasteiger partial charge in [-0.25, -0.2) is 9.37 Å². The van der Waals surface area contributed by atoms with Gasteiger partial charge in [0.1, 0.15) is 17.1 Å². The summed E-state index contributed by atoms with van der Waals surface area (Å²) < 4.78 is 18.8. The zero-order valence-electron chi connectivity index (χ0n) is 14.2. The first kappa shape index (κ1) is 18.9. The molecule has 140 valence electrons. The Hall–Kier alpha value is -1.41. The number of alkyl halides is 1. The molecule has 2 heterocycles. The molecule has 0 aliphatic heterocycles. The van der Waals surface area contributed by atoms with Crippen LogP contribution in [0.5, 0.6) is 0 Å². The molecule has 10 heteroatoms. The number of nitriles is 1. The van der Waals surface area contributed by atoms with E-state index < -0.39 is 11.0 Å². The Kier molecular flexibility index (Phi) is 4.83. The van der Waals surface area contributed by atoms with Crippen molar-refractivity contribution in [3.63, 3.8) is 0 Å². The average molecular weight is 467 g/mol. The topological polar surface area (TPSA) is 101 Å². The Labute approximate surface area is 172 Å². The maximum absolute atomic E-state index is 13.1. The van der Waals surface area contributed by atoms with E-state index >= 15 is 0 Å². The maximum Gasteiger partial charge on any atom is 0.151 e. The zero-order valence-corrected chi connectivity index (χ0v) is 17.4. The van der Waals surface area contributed by atoms with Gasteiger partial charge in [-0.2, -0.15) is 5.26 Å². The minimum absolute atomic E-state index is 0.179. The molecule has 3 N–H and O–H groups in total. The van der Waals surface area contributed by atoms with Gasteiger partial charge >= 0.3 is 0 Å². The number of nitrogens with one attached hydrogen (secondary N) is 3. The van der Waals surface area contributed by atoms with Crippen LogP contribution in [0.3, 0.4) is 0 Å². The van der Waals surface area contributed by atoms with Crippen molar-refractivity contribution in [3.05, 3.63) is 28.6 Å². The van der Waals surface area contributed by atoms with E-state index in [0.717, 1.165) is 34.0 Å². The molecule has 0 atom stereocenters. The summed E-state index contributed by atoms with van der Waals surface area (Å²) >= 11 is 5.88. The minimum atomic E-state index is -0.700. The van der Waals surface area contributed by atoms with Crippen molar-refractivity contribution >= 4 is 55.4 Å². The maximum atomic E-state index is 13.1. The van der Waals surface area contributed by atoms with Crippen LogP contribution in [0.15, 0.2) is 27.8 Å². The van der Waals surface area contributed by atoms with Crippen molar-refractivity contribution in [1.29, 1.82) is 16.1 Å². The molecule has 2 aromatic rings.